The maximum Gasteiger partial charge on any atom is 0.255 e. The zero-order chi connectivity index (χ0) is 21.3. The summed E-state index contributed by atoms with van der Waals surface area (Å²) in [5.74, 6) is 0.0149. The van der Waals surface area contributed by atoms with Crippen LogP contribution >= 0.6 is 0 Å². The Morgan fingerprint density at radius 2 is 2.10 bits per heavy atom. The minimum atomic E-state index is -0.546. The lowest BCUT2D eigenvalue weighted by atomic mass is 10.00. The van der Waals surface area contributed by atoms with E-state index >= 15 is 0 Å². The van der Waals surface area contributed by atoms with Crippen LogP contribution in [0.5, 0.6) is 0 Å². The predicted octanol–water partition coefficient (Wildman–Crippen LogP) is 1.79. The molecule has 1 aliphatic rings. The van der Waals surface area contributed by atoms with Crippen LogP contribution in [0.15, 0.2) is 17.2 Å². The Kier molecular flexibility index (Phi) is 5.53. The Morgan fingerprint density at radius 3 is 2.69 bits per heavy atom. The average Bonchev–Trinajstić information content (AvgIpc) is 3.00. The second-order valence-electron chi connectivity index (χ2n) is 7.83. The largest absolute Gasteiger partial charge is 0.382 e. The predicted molar refractivity (Wildman–Crippen MR) is 110 cm³/mol. The molecule has 8 nitrogen and oxygen atoms in total. The van der Waals surface area contributed by atoms with Crippen molar-refractivity contribution in [2.75, 3.05) is 19.3 Å². The molecule has 29 heavy (non-hydrogen) atoms. The first kappa shape index (κ1) is 20.7. The number of nitrogens with two attached hydrogens (primary N) is 1. The van der Waals surface area contributed by atoms with Gasteiger partial charge in [0.05, 0.1) is 17.1 Å². The fraction of sp³-hybridized carbons (Fsp3) is 0.476. The highest BCUT2D eigenvalue weighted by Crippen LogP contribution is 2.33. The third-order valence-corrected chi connectivity index (χ3v) is 5.95. The SMILES string of the molecule is CC(=O)c1c(C)cc(CCc2ncnc(N)c2C#N)c(=O)n1[C@]1(C)CCCN1C. The minimum absolute atomic E-state index is 0.122. The van der Waals surface area contributed by atoms with E-state index in [0.29, 0.717) is 29.8 Å². The van der Waals surface area contributed by atoms with Crippen LogP contribution in [0, 0.1) is 18.3 Å². The number of hydrogen-bond acceptors (Lipinski definition) is 7. The number of anilines is 1. The highest BCUT2D eigenvalue weighted by molar-refractivity contribution is 5.94. The van der Waals surface area contributed by atoms with Gasteiger partial charge in [0.1, 0.15) is 23.8 Å². The van der Waals surface area contributed by atoms with Gasteiger partial charge in [-0.3, -0.25) is 19.1 Å². The maximum atomic E-state index is 13.5. The van der Waals surface area contributed by atoms with E-state index in [1.807, 2.05) is 27.0 Å². The lowest BCUT2D eigenvalue weighted by Gasteiger charge is -2.37. The zero-order valence-corrected chi connectivity index (χ0v) is 17.3. The van der Waals surface area contributed by atoms with E-state index in [9.17, 15) is 14.9 Å². The molecular weight excluding hydrogens is 368 g/mol. The maximum absolute atomic E-state index is 13.5. The van der Waals surface area contributed by atoms with Gasteiger partial charge in [-0.25, -0.2) is 9.97 Å². The van der Waals surface area contributed by atoms with Gasteiger partial charge in [0.15, 0.2) is 5.78 Å². The molecule has 2 aromatic heterocycles. The molecule has 2 aromatic rings. The minimum Gasteiger partial charge on any atom is -0.382 e. The molecule has 0 unspecified atom stereocenters. The third-order valence-electron chi connectivity index (χ3n) is 5.95. The molecule has 8 heteroatoms. The number of nitrogen functional groups attached to an aromatic ring is 1. The summed E-state index contributed by atoms with van der Waals surface area (Å²) in [7, 11) is 1.98. The van der Waals surface area contributed by atoms with E-state index in [4.69, 9.17) is 5.73 Å². The van der Waals surface area contributed by atoms with Crippen molar-refractivity contribution < 1.29 is 4.79 Å². The molecule has 0 amide bonds. The molecule has 2 N–H and O–H groups in total. The average molecular weight is 394 g/mol. The number of aromatic nitrogens is 3. The van der Waals surface area contributed by atoms with Crippen LogP contribution in [0.2, 0.25) is 0 Å². The fourth-order valence-corrected chi connectivity index (χ4v) is 4.25. The summed E-state index contributed by atoms with van der Waals surface area (Å²) >= 11 is 0. The second-order valence-corrected chi connectivity index (χ2v) is 7.83. The van der Waals surface area contributed by atoms with Crippen molar-refractivity contribution in [1.29, 1.82) is 5.26 Å². The number of nitriles is 1. The first-order valence-electron chi connectivity index (χ1n) is 9.68. The Balaban J connectivity index is 2.09. The Morgan fingerprint density at radius 1 is 1.38 bits per heavy atom. The van der Waals surface area contributed by atoms with Crippen LogP contribution in [0.4, 0.5) is 5.82 Å². The number of rotatable bonds is 5. The summed E-state index contributed by atoms with van der Waals surface area (Å²) in [4.78, 5) is 36.0. The van der Waals surface area contributed by atoms with Crippen LogP contribution in [0.25, 0.3) is 0 Å². The molecule has 1 saturated heterocycles. The van der Waals surface area contributed by atoms with Gasteiger partial charge < -0.3 is 5.73 Å². The highest BCUT2D eigenvalue weighted by atomic mass is 16.1. The summed E-state index contributed by atoms with van der Waals surface area (Å²) < 4.78 is 1.67. The van der Waals surface area contributed by atoms with Crippen molar-refractivity contribution in [3.8, 4) is 6.07 Å². The molecule has 1 aliphatic heterocycles. The van der Waals surface area contributed by atoms with Crippen molar-refractivity contribution in [1.82, 2.24) is 19.4 Å². The molecule has 3 heterocycles. The molecule has 0 radical (unpaired) electrons. The molecule has 1 atom stereocenters. The molecule has 152 valence electrons. The van der Waals surface area contributed by atoms with E-state index in [1.54, 1.807) is 10.6 Å². The monoisotopic (exact) mass is 394 g/mol. The number of nitrogens with zero attached hydrogens (tertiary/aromatic N) is 5. The summed E-state index contributed by atoms with van der Waals surface area (Å²) in [5.41, 5.74) is 7.64. The zero-order valence-electron chi connectivity index (χ0n) is 17.3. The number of carbonyl (C=O) groups excluding carboxylic acids is 1. The summed E-state index contributed by atoms with van der Waals surface area (Å²) in [6.45, 7) is 6.24. The van der Waals surface area contributed by atoms with E-state index in [-0.39, 0.29) is 22.7 Å². The molecule has 1 fully saturated rings. The fourth-order valence-electron chi connectivity index (χ4n) is 4.25. The Labute approximate surface area is 170 Å². The number of hydrogen-bond donors (Lipinski definition) is 1. The molecule has 0 spiro atoms. The molecule has 0 aromatic carbocycles. The van der Waals surface area contributed by atoms with Crippen molar-refractivity contribution in [3.05, 3.63) is 50.8 Å². The number of carbonyl (C=O) groups is 1. The molecular formula is C21H26N6O2. The van der Waals surface area contributed by atoms with E-state index in [1.165, 1.54) is 13.3 Å². The van der Waals surface area contributed by atoms with Crippen molar-refractivity contribution in [2.24, 2.45) is 0 Å². The Hall–Kier alpha value is -3.05. The van der Waals surface area contributed by atoms with Crippen LogP contribution < -0.4 is 11.3 Å². The van der Waals surface area contributed by atoms with E-state index in [2.05, 4.69) is 14.9 Å². The lowest BCUT2D eigenvalue weighted by Crippen LogP contribution is -2.49. The molecule has 3 rings (SSSR count). The molecule has 0 aliphatic carbocycles. The highest BCUT2D eigenvalue weighted by Gasteiger charge is 2.39. The van der Waals surface area contributed by atoms with Gasteiger partial charge in [-0.1, -0.05) is 0 Å². The van der Waals surface area contributed by atoms with Gasteiger partial charge in [0.2, 0.25) is 0 Å². The van der Waals surface area contributed by atoms with E-state index < -0.39 is 5.66 Å². The summed E-state index contributed by atoms with van der Waals surface area (Å²) in [6.07, 6.45) is 3.86. The van der Waals surface area contributed by atoms with Gasteiger partial charge in [0.25, 0.3) is 5.56 Å². The second kappa shape index (κ2) is 7.76. The van der Waals surface area contributed by atoms with Crippen LogP contribution in [-0.4, -0.2) is 38.8 Å². The number of Topliss-reactive ketones (excluding diaryl/α,β-unsaturated/α-hetero) is 1. The van der Waals surface area contributed by atoms with Crippen molar-refractivity contribution >= 4 is 11.6 Å². The lowest BCUT2D eigenvalue weighted by molar-refractivity contribution is 0.0874. The van der Waals surface area contributed by atoms with Crippen LogP contribution in [-0.2, 0) is 18.5 Å². The normalized spacial score (nSPS) is 19.3. The number of ketones is 1. The topological polar surface area (TPSA) is 118 Å². The first-order chi connectivity index (χ1) is 13.7. The van der Waals surface area contributed by atoms with Gasteiger partial charge in [-0.15, -0.1) is 0 Å². The van der Waals surface area contributed by atoms with Gasteiger partial charge in [0, 0.05) is 19.0 Å². The van der Waals surface area contributed by atoms with Crippen LogP contribution in [0.3, 0.4) is 0 Å². The van der Waals surface area contributed by atoms with Crippen molar-refractivity contribution in [2.45, 2.75) is 52.1 Å². The Bertz CT molecular complexity index is 1070. The van der Waals surface area contributed by atoms with Crippen LogP contribution in [0.1, 0.15) is 59.6 Å². The molecule has 0 bridgehead atoms. The first-order valence-corrected chi connectivity index (χ1v) is 9.68. The number of likely N-dealkylation sites (tertiary alicyclic amines) is 1. The quantitative estimate of drug-likeness (QED) is 0.768. The third kappa shape index (κ3) is 3.54. The van der Waals surface area contributed by atoms with E-state index in [0.717, 1.165) is 24.9 Å². The number of aryl methyl sites for hydroxylation is 3. The molecule has 0 saturated carbocycles. The van der Waals surface area contributed by atoms with Gasteiger partial charge >= 0.3 is 0 Å². The van der Waals surface area contributed by atoms with Gasteiger partial charge in [-0.05, 0) is 58.2 Å². The summed E-state index contributed by atoms with van der Waals surface area (Å²) in [6, 6.07) is 3.82. The summed E-state index contributed by atoms with van der Waals surface area (Å²) in [5, 5.41) is 9.32. The standard InChI is InChI=1S/C21H26N6O2/c1-13-10-15(6-7-17-16(11-22)19(23)25-12-24-17)20(29)27(18(13)14(2)28)21(3)8-5-9-26(21)4/h10,12H,5-9H2,1-4H3,(H2,23,24,25)/t21-/m1/s1. The smallest absolute Gasteiger partial charge is 0.255 e. The van der Waals surface area contributed by atoms with Crippen molar-refractivity contribution in [3.63, 3.8) is 0 Å². The van der Waals surface area contributed by atoms with Gasteiger partial charge in [-0.2, -0.15) is 5.26 Å². The number of pyridine rings is 1.